The van der Waals surface area contributed by atoms with Crippen LogP contribution in [-0.4, -0.2) is 25.0 Å². The molecule has 2 aromatic carbocycles. The molecule has 0 aromatic heterocycles. The van der Waals surface area contributed by atoms with E-state index in [0.29, 0.717) is 18.7 Å². The summed E-state index contributed by atoms with van der Waals surface area (Å²) in [5, 5.41) is 2.83. The van der Waals surface area contributed by atoms with E-state index >= 15 is 0 Å². The van der Waals surface area contributed by atoms with E-state index in [-0.39, 0.29) is 11.8 Å². The molecular formula is C22H22N2O3. The Balaban J connectivity index is 1.59. The molecule has 27 heavy (non-hydrogen) atoms. The Bertz CT molecular complexity index is 856. The zero-order valence-electron chi connectivity index (χ0n) is 15.1. The van der Waals surface area contributed by atoms with Gasteiger partial charge in [0.15, 0.2) is 0 Å². The van der Waals surface area contributed by atoms with Crippen LogP contribution in [0.2, 0.25) is 0 Å². The summed E-state index contributed by atoms with van der Waals surface area (Å²) in [6.07, 6.45) is 6.35. The number of carbonyl (C=O) groups excluding carboxylic acids is 2. The summed E-state index contributed by atoms with van der Waals surface area (Å²) in [5.74, 6) is 0.649. The Labute approximate surface area is 158 Å². The van der Waals surface area contributed by atoms with Crippen LogP contribution in [0.5, 0.6) is 5.75 Å². The average molecular weight is 362 g/mol. The second-order valence-corrected chi connectivity index (χ2v) is 6.19. The summed E-state index contributed by atoms with van der Waals surface area (Å²) >= 11 is 0. The number of nitrogens with one attached hydrogen (secondary N) is 1. The molecule has 0 unspecified atom stereocenters. The molecule has 0 aliphatic carbocycles. The third kappa shape index (κ3) is 5.07. The molecule has 0 radical (unpaired) electrons. The lowest BCUT2D eigenvalue weighted by Gasteiger charge is -2.16. The maximum absolute atomic E-state index is 12.2. The van der Waals surface area contributed by atoms with Crippen molar-refractivity contribution in [3.63, 3.8) is 0 Å². The van der Waals surface area contributed by atoms with E-state index in [2.05, 4.69) is 11.9 Å². The molecule has 1 heterocycles. The van der Waals surface area contributed by atoms with Crippen molar-refractivity contribution in [2.75, 3.05) is 23.4 Å². The molecule has 5 nitrogen and oxygen atoms in total. The molecule has 1 aliphatic rings. The normalized spacial score (nSPS) is 13.8. The fourth-order valence-electron chi connectivity index (χ4n) is 2.86. The predicted octanol–water partition coefficient (Wildman–Crippen LogP) is 4.03. The van der Waals surface area contributed by atoms with Crippen LogP contribution in [0.4, 0.5) is 11.4 Å². The van der Waals surface area contributed by atoms with Gasteiger partial charge in [-0.25, -0.2) is 0 Å². The highest BCUT2D eigenvalue weighted by Crippen LogP contribution is 2.24. The first-order chi connectivity index (χ1) is 13.2. The van der Waals surface area contributed by atoms with Crippen molar-refractivity contribution < 1.29 is 14.3 Å². The zero-order chi connectivity index (χ0) is 19.1. The number of ether oxygens (including phenoxy) is 1. The molecule has 138 valence electrons. The Morgan fingerprint density at radius 3 is 2.74 bits per heavy atom. The number of anilines is 2. The van der Waals surface area contributed by atoms with Crippen molar-refractivity contribution >= 4 is 29.3 Å². The van der Waals surface area contributed by atoms with Gasteiger partial charge in [0, 0.05) is 30.4 Å². The third-order valence-corrected chi connectivity index (χ3v) is 4.17. The minimum Gasteiger partial charge on any atom is -0.490 e. The summed E-state index contributed by atoms with van der Waals surface area (Å²) in [6.45, 7) is 4.79. The summed E-state index contributed by atoms with van der Waals surface area (Å²) < 4.78 is 5.43. The molecule has 1 aliphatic heterocycles. The van der Waals surface area contributed by atoms with Crippen molar-refractivity contribution in [1.29, 1.82) is 0 Å². The summed E-state index contributed by atoms with van der Waals surface area (Å²) in [5.41, 5.74) is 2.37. The topological polar surface area (TPSA) is 58.6 Å². The highest BCUT2D eigenvalue weighted by molar-refractivity contribution is 6.02. The number of rotatable bonds is 7. The number of hydrogen-bond acceptors (Lipinski definition) is 3. The van der Waals surface area contributed by atoms with Crippen molar-refractivity contribution in [3.05, 3.63) is 72.8 Å². The van der Waals surface area contributed by atoms with Gasteiger partial charge in [-0.3, -0.25) is 9.59 Å². The van der Waals surface area contributed by atoms with Crippen LogP contribution in [-0.2, 0) is 9.59 Å². The van der Waals surface area contributed by atoms with Crippen molar-refractivity contribution in [2.45, 2.75) is 12.8 Å². The SMILES string of the molecule is C=CCOc1ccc(/C=C/C(=O)Nc2cccc(N3CCCC3=O)c2)cc1. The summed E-state index contributed by atoms with van der Waals surface area (Å²) in [4.78, 5) is 25.8. The number of nitrogens with zero attached hydrogens (tertiary/aromatic N) is 1. The number of benzene rings is 2. The van der Waals surface area contributed by atoms with Gasteiger partial charge in [-0.05, 0) is 48.4 Å². The predicted molar refractivity (Wildman–Crippen MR) is 108 cm³/mol. The highest BCUT2D eigenvalue weighted by Gasteiger charge is 2.21. The first kappa shape index (κ1) is 18.5. The molecule has 0 bridgehead atoms. The molecule has 1 N–H and O–H groups in total. The molecule has 5 heteroatoms. The molecule has 2 aromatic rings. The Morgan fingerprint density at radius 1 is 1.22 bits per heavy atom. The maximum Gasteiger partial charge on any atom is 0.248 e. The smallest absolute Gasteiger partial charge is 0.248 e. The second-order valence-electron chi connectivity index (χ2n) is 6.19. The fraction of sp³-hybridized carbons (Fsp3) is 0.182. The van der Waals surface area contributed by atoms with Crippen molar-refractivity contribution in [3.8, 4) is 5.75 Å². The number of hydrogen-bond donors (Lipinski definition) is 1. The van der Waals surface area contributed by atoms with Gasteiger partial charge >= 0.3 is 0 Å². The molecular weight excluding hydrogens is 340 g/mol. The van der Waals surface area contributed by atoms with Gasteiger partial charge < -0.3 is 15.0 Å². The standard InChI is InChI=1S/C22H22N2O3/c1-2-15-27-20-11-8-17(9-12-20)10-13-21(25)23-18-5-3-6-19(16-18)24-14-4-7-22(24)26/h2-3,5-6,8-13,16H,1,4,7,14-15H2,(H,23,25)/b13-10+. The van der Waals surface area contributed by atoms with Gasteiger partial charge in [0.1, 0.15) is 12.4 Å². The molecule has 0 atom stereocenters. The Hall–Kier alpha value is -3.34. The van der Waals surface area contributed by atoms with E-state index in [1.807, 2.05) is 48.5 Å². The quantitative estimate of drug-likeness (QED) is 0.598. The van der Waals surface area contributed by atoms with Crippen LogP contribution in [0.15, 0.2) is 67.3 Å². The minimum atomic E-state index is -0.230. The van der Waals surface area contributed by atoms with Crippen LogP contribution >= 0.6 is 0 Å². The van der Waals surface area contributed by atoms with Gasteiger partial charge in [0.2, 0.25) is 11.8 Å². The first-order valence-electron chi connectivity index (χ1n) is 8.89. The van der Waals surface area contributed by atoms with Crippen LogP contribution in [0.1, 0.15) is 18.4 Å². The van der Waals surface area contributed by atoms with Crippen LogP contribution in [0, 0.1) is 0 Å². The number of amides is 2. The molecule has 1 fully saturated rings. The van der Waals surface area contributed by atoms with Crippen molar-refractivity contribution in [2.24, 2.45) is 0 Å². The van der Waals surface area contributed by atoms with Gasteiger partial charge in [-0.15, -0.1) is 0 Å². The molecule has 0 spiro atoms. The van der Waals surface area contributed by atoms with E-state index in [1.165, 1.54) is 6.08 Å². The van der Waals surface area contributed by atoms with E-state index < -0.39 is 0 Å². The van der Waals surface area contributed by atoms with Gasteiger partial charge in [0.05, 0.1) is 0 Å². The van der Waals surface area contributed by atoms with Gasteiger partial charge in [-0.2, -0.15) is 0 Å². The Morgan fingerprint density at radius 2 is 2.04 bits per heavy atom. The van der Waals surface area contributed by atoms with E-state index in [9.17, 15) is 9.59 Å². The van der Waals surface area contributed by atoms with E-state index in [4.69, 9.17) is 4.74 Å². The first-order valence-corrected chi connectivity index (χ1v) is 8.89. The summed E-state index contributed by atoms with van der Waals surface area (Å²) in [7, 11) is 0. The van der Waals surface area contributed by atoms with Crippen molar-refractivity contribution in [1.82, 2.24) is 0 Å². The van der Waals surface area contributed by atoms with E-state index in [0.717, 1.165) is 30.0 Å². The fourth-order valence-corrected chi connectivity index (χ4v) is 2.86. The van der Waals surface area contributed by atoms with Gasteiger partial charge in [-0.1, -0.05) is 30.9 Å². The monoisotopic (exact) mass is 362 g/mol. The Kier molecular flexibility index (Phi) is 6.05. The lowest BCUT2D eigenvalue weighted by atomic mass is 10.2. The van der Waals surface area contributed by atoms with E-state index in [1.54, 1.807) is 17.1 Å². The lowest BCUT2D eigenvalue weighted by Crippen LogP contribution is -2.23. The van der Waals surface area contributed by atoms with Crippen LogP contribution < -0.4 is 15.0 Å². The molecule has 1 saturated heterocycles. The second kappa shape index (κ2) is 8.85. The average Bonchev–Trinajstić information content (AvgIpc) is 3.12. The number of carbonyl (C=O) groups is 2. The largest absolute Gasteiger partial charge is 0.490 e. The highest BCUT2D eigenvalue weighted by atomic mass is 16.5. The molecule has 3 rings (SSSR count). The molecule has 2 amide bonds. The molecule has 0 saturated carbocycles. The van der Waals surface area contributed by atoms with Crippen LogP contribution in [0.25, 0.3) is 6.08 Å². The summed E-state index contributed by atoms with van der Waals surface area (Å²) in [6, 6.07) is 14.8. The minimum absolute atomic E-state index is 0.124. The maximum atomic E-state index is 12.2. The lowest BCUT2D eigenvalue weighted by molar-refractivity contribution is -0.117. The van der Waals surface area contributed by atoms with Crippen LogP contribution in [0.3, 0.4) is 0 Å². The van der Waals surface area contributed by atoms with Gasteiger partial charge in [0.25, 0.3) is 0 Å². The zero-order valence-corrected chi connectivity index (χ0v) is 15.1. The third-order valence-electron chi connectivity index (χ3n) is 4.17.